The van der Waals surface area contributed by atoms with Crippen molar-refractivity contribution in [2.24, 2.45) is 5.41 Å². The van der Waals surface area contributed by atoms with Crippen molar-refractivity contribution >= 4 is 27.3 Å². The van der Waals surface area contributed by atoms with Gasteiger partial charge in [0.25, 0.3) is 0 Å². The van der Waals surface area contributed by atoms with Gasteiger partial charge in [0, 0.05) is 0 Å². The van der Waals surface area contributed by atoms with Crippen molar-refractivity contribution in [2.45, 2.75) is 32.3 Å². The molecule has 0 saturated heterocycles. The first-order valence-electron chi connectivity index (χ1n) is 5.68. The number of ether oxygens (including phenoxy) is 1. The average molecular weight is 349 g/mol. The van der Waals surface area contributed by atoms with Crippen LogP contribution in [0.3, 0.4) is 0 Å². The van der Waals surface area contributed by atoms with E-state index in [4.69, 9.17) is 24.5 Å². The molecular weight excluding hydrogens is 330 g/mol. The second-order valence-electron chi connectivity index (χ2n) is 4.82. The number of carbonyl (C=O) groups is 2. The molecule has 21 heavy (non-hydrogen) atoms. The fourth-order valence-corrected chi connectivity index (χ4v) is 4.40. The third-order valence-electron chi connectivity index (χ3n) is 2.71. The first kappa shape index (κ1) is 20.6. The van der Waals surface area contributed by atoms with Gasteiger partial charge in [-0.25, -0.2) is 4.79 Å². The fraction of sp³-hybridized carbons (Fsp3) is 0.778. The lowest BCUT2D eigenvalue weighted by atomic mass is 9.82. The predicted octanol–water partition coefficient (Wildman–Crippen LogP) is -1.25. The van der Waals surface area contributed by atoms with Crippen LogP contribution in [0.4, 0.5) is 0 Å². The van der Waals surface area contributed by atoms with Gasteiger partial charge in [-0.2, -0.15) is 14.7 Å². The summed E-state index contributed by atoms with van der Waals surface area (Å²) in [6.07, 6.45) is -2.11. The molecule has 0 bridgehead atoms. The number of esters is 1. The van der Waals surface area contributed by atoms with Crippen molar-refractivity contribution in [1.82, 2.24) is 0 Å². The Morgan fingerprint density at radius 3 is 1.95 bits per heavy atom. The molecular formula is C9H19O10P2+. The molecule has 0 aliphatic rings. The van der Waals surface area contributed by atoms with Crippen LogP contribution in [0.25, 0.3) is 0 Å². The zero-order valence-corrected chi connectivity index (χ0v) is 13.4. The number of hydrogen-bond donors (Lipinski definition) is 6. The Bertz CT molecular complexity index is 448. The predicted molar refractivity (Wildman–Crippen MR) is 70.8 cm³/mol. The molecule has 2 unspecified atom stereocenters. The van der Waals surface area contributed by atoms with Crippen molar-refractivity contribution in [1.29, 1.82) is 0 Å². The summed E-state index contributed by atoms with van der Waals surface area (Å²) in [4.78, 5) is 68.8. The minimum Gasteiger partial charge on any atom is -0.464 e. The lowest BCUT2D eigenvalue weighted by Gasteiger charge is -2.30. The number of carbonyl (C=O) groups excluding carboxylic acids is 2. The third-order valence-corrected chi connectivity index (χ3v) is 6.30. The molecule has 0 fully saturated rings. The topological polar surface area (TPSA) is 182 Å². The van der Waals surface area contributed by atoms with E-state index in [1.807, 2.05) is 0 Å². The summed E-state index contributed by atoms with van der Waals surface area (Å²) in [5, 5.41) is 6.90. The van der Waals surface area contributed by atoms with Gasteiger partial charge in [0.1, 0.15) is 0 Å². The van der Waals surface area contributed by atoms with Crippen LogP contribution in [0.5, 0.6) is 0 Å². The van der Waals surface area contributed by atoms with Gasteiger partial charge in [0.05, 0.1) is 12.0 Å². The monoisotopic (exact) mass is 349 g/mol. The lowest BCUT2D eigenvalue weighted by Crippen LogP contribution is -2.47. The quantitative estimate of drug-likeness (QED) is 0.240. The van der Waals surface area contributed by atoms with Crippen LogP contribution in [0.2, 0.25) is 0 Å². The van der Waals surface area contributed by atoms with E-state index in [0.29, 0.717) is 0 Å². The molecule has 0 aliphatic carbocycles. The standard InChI is InChI=1S/C9H18O10P2/c1-4-19-7(12)5(10)9(2,3)6(11)8(20(13,14)15)21(16,17)18/h5,8,10,13-15H,4H2,1-3H3,(H-,16,17,18)/p+1. The molecule has 2 atom stereocenters. The number of aliphatic hydroxyl groups is 1. The Hall–Kier alpha value is -0.440. The zero-order valence-electron chi connectivity index (χ0n) is 11.6. The summed E-state index contributed by atoms with van der Waals surface area (Å²) in [7, 11) is -10.7. The van der Waals surface area contributed by atoms with Gasteiger partial charge < -0.3 is 19.6 Å². The number of rotatable bonds is 7. The van der Waals surface area contributed by atoms with Gasteiger partial charge in [0.15, 0.2) is 6.10 Å². The highest BCUT2D eigenvalue weighted by Gasteiger charge is 2.63. The van der Waals surface area contributed by atoms with Gasteiger partial charge >= 0.3 is 26.9 Å². The Morgan fingerprint density at radius 1 is 1.24 bits per heavy atom. The van der Waals surface area contributed by atoms with Crippen LogP contribution in [-0.2, 0) is 18.9 Å². The van der Waals surface area contributed by atoms with Crippen LogP contribution in [0, 0.1) is 5.41 Å². The van der Waals surface area contributed by atoms with E-state index < -0.39 is 44.2 Å². The van der Waals surface area contributed by atoms with Crippen LogP contribution >= 0.6 is 15.5 Å². The molecule has 10 nitrogen and oxygen atoms in total. The fourth-order valence-electron chi connectivity index (χ4n) is 1.50. The molecule has 0 aromatic carbocycles. The van der Waals surface area contributed by atoms with Crippen molar-refractivity contribution in [3.8, 4) is 0 Å². The molecule has 0 aromatic heterocycles. The van der Waals surface area contributed by atoms with Crippen LogP contribution < -0.4 is 0 Å². The van der Waals surface area contributed by atoms with E-state index in [9.17, 15) is 19.3 Å². The SMILES string of the molecule is CCOC(=O)C(O)C(C)(C)C(=O)C(P(=O)(O)O)[P+](O)(O)O. The Morgan fingerprint density at radius 2 is 1.67 bits per heavy atom. The Balaban J connectivity index is 5.64. The summed E-state index contributed by atoms with van der Waals surface area (Å²) in [5.74, 6) is -2.80. The van der Waals surface area contributed by atoms with Crippen molar-refractivity contribution < 1.29 is 48.5 Å². The normalized spacial score (nSPS) is 16.2. The Kier molecular flexibility index (Phi) is 6.62. The number of Topliss-reactive ketones (excluding diaryl/α,β-unsaturated/α-hetero) is 1. The summed E-state index contributed by atoms with van der Waals surface area (Å²) in [5.41, 5.74) is -2.13. The van der Waals surface area contributed by atoms with Gasteiger partial charge in [-0.3, -0.25) is 9.36 Å². The van der Waals surface area contributed by atoms with E-state index in [1.165, 1.54) is 6.92 Å². The largest absolute Gasteiger partial charge is 0.464 e. The van der Waals surface area contributed by atoms with Gasteiger partial charge in [0.2, 0.25) is 5.78 Å². The van der Waals surface area contributed by atoms with Crippen molar-refractivity contribution in [2.75, 3.05) is 6.61 Å². The van der Waals surface area contributed by atoms with Gasteiger partial charge in [-0.1, -0.05) is 0 Å². The van der Waals surface area contributed by atoms with Crippen LogP contribution in [-0.4, -0.2) is 59.4 Å². The molecule has 124 valence electrons. The number of hydrogen-bond acceptors (Lipinski definition) is 8. The molecule has 0 radical (unpaired) electrons. The van der Waals surface area contributed by atoms with E-state index in [2.05, 4.69) is 4.74 Å². The number of aliphatic hydroxyl groups excluding tert-OH is 1. The molecule has 0 saturated carbocycles. The second kappa shape index (κ2) is 6.76. The molecule has 12 heteroatoms. The van der Waals surface area contributed by atoms with Crippen LogP contribution in [0.15, 0.2) is 0 Å². The highest BCUT2D eigenvalue weighted by atomic mass is 31.3. The molecule has 0 amide bonds. The molecule has 6 N–H and O–H groups in total. The second-order valence-corrected chi connectivity index (χ2v) is 8.67. The van der Waals surface area contributed by atoms with Gasteiger partial charge in [-0.05, 0) is 20.8 Å². The van der Waals surface area contributed by atoms with E-state index in [1.54, 1.807) is 0 Å². The first-order chi connectivity index (χ1) is 9.17. The maximum Gasteiger partial charge on any atom is 0.427 e. The maximum atomic E-state index is 12.1. The summed E-state index contributed by atoms with van der Waals surface area (Å²) >= 11 is 0. The van der Waals surface area contributed by atoms with Crippen molar-refractivity contribution in [3.63, 3.8) is 0 Å². The third kappa shape index (κ3) is 5.05. The molecule has 0 spiro atoms. The minimum absolute atomic E-state index is 0.112. The number of ketones is 1. The minimum atomic E-state index is -5.45. The first-order valence-corrected chi connectivity index (χ1v) is 9.08. The molecule has 0 rings (SSSR count). The summed E-state index contributed by atoms with van der Waals surface area (Å²) in [6.45, 7) is 3.23. The summed E-state index contributed by atoms with van der Waals surface area (Å²) < 4.78 is 15.7. The van der Waals surface area contributed by atoms with E-state index in [-0.39, 0.29) is 6.61 Å². The molecule has 0 heterocycles. The zero-order chi connectivity index (χ0) is 17.2. The smallest absolute Gasteiger partial charge is 0.427 e. The average Bonchev–Trinajstić information content (AvgIpc) is 2.24. The van der Waals surface area contributed by atoms with Crippen LogP contribution in [0.1, 0.15) is 20.8 Å². The highest BCUT2D eigenvalue weighted by Crippen LogP contribution is 2.66. The van der Waals surface area contributed by atoms with Gasteiger partial charge in [-0.15, -0.1) is 0 Å². The van der Waals surface area contributed by atoms with E-state index >= 15 is 0 Å². The highest BCUT2D eigenvalue weighted by molar-refractivity contribution is 7.76. The summed E-state index contributed by atoms with van der Waals surface area (Å²) in [6, 6.07) is 0. The molecule has 0 aromatic rings. The van der Waals surface area contributed by atoms with Crippen molar-refractivity contribution in [3.05, 3.63) is 0 Å². The van der Waals surface area contributed by atoms with E-state index in [0.717, 1.165) is 13.8 Å². The maximum absolute atomic E-state index is 12.1. The Labute approximate surface area is 121 Å². The lowest BCUT2D eigenvalue weighted by molar-refractivity contribution is -0.163. The molecule has 0 aliphatic heterocycles.